The second-order valence-electron chi connectivity index (χ2n) is 5.87. The van der Waals surface area contributed by atoms with Crippen molar-refractivity contribution in [3.05, 3.63) is 0 Å². The Kier molecular flexibility index (Phi) is 5.37. The summed E-state index contributed by atoms with van der Waals surface area (Å²) in [6.07, 6.45) is 4.97. The third-order valence-corrected chi connectivity index (χ3v) is 4.27. The van der Waals surface area contributed by atoms with Crippen molar-refractivity contribution >= 4 is 11.8 Å². The second kappa shape index (κ2) is 7.04. The normalized spacial score (nSPS) is 20.2. The lowest BCUT2D eigenvalue weighted by Crippen LogP contribution is -2.47. The number of piperidine rings is 1. The molecule has 0 unspecified atom stereocenters. The smallest absolute Gasteiger partial charge is 0.237 e. The molecule has 1 saturated carbocycles. The average Bonchev–Trinajstić information content (AvgIpc) is 3.30. The molecule has 0 bridgehead atoms. The SMILES string of the molecule is CCCN(CC(=O)N1CCC(C(=O)NN)CC1)C1CC1. The Morgan fingerprint density at radius 3 is 2.40 bits per heavy atom. The van der Waals surface area contributed by atoms with Crippen molar-refractivity contribution in [3.8, 4) is 0 Å². The molecule has 20 heavy (non-hydrogen) atoms. The van der Waals surface area contributed by atoms with Gasteiger partial charge in [-0.3, -0.25) is 19.9 Å². The molecule has 1 saturated heterocycles. The number of hydrazine groups is 1. The van der Waals surface area contributed by atoms with Crippen LogP contribution in [0, 0.1) is 5.92 Å². The molecule has 6 nitrogen and oxygen atoms in total. The Morgan fingerprint density at radius 2 is 1.90 bits per heavy atom. The summed E-state index contributed by atoms with van der Waals surface area (Å²) >= 11 is 0. The van der Waals surface area contributed by atoms with Crippen molar-refractivity contribution in [2.45, 2.75) is 45.1 Å². The number of rotatable bonds is 6. The zero-order valence-electron chi connectivity index (χ0n) is 12.3. The third kappa shape index (κ3) is 3.93. The fraction of sp³-hybridized carbons (Fsp3) is 0.857. The van der Waals surface area contributed by atoms with Crippen LogP contribution in [-0.4, -0.2) is 53.8 Å². The van der Waals surface area contributed by atoms with Gasteiger partial charge in [0.15, 0.2) is 0 Å². The van der Waals surface area contributed by atoms with Gasteiger partial charge in [-0.05, 0) is 38.6 Å². The standard InChI is InChI=1S/C14H26N4O2/c1-2-7-18(12-3-4-12)10-13(19)17-8-5-11(6-9-17)14(20)16-15/h11-12H,2-10,15H2,1H3,(H,16,20). The fourth-order valence-electron chi connectivity index (χ4n) is 2.90. The Bertz CT molecular complexity index is 349. The van der Waals surface area contributed by atoms with Gasteiger partial charge < -0.3 is 4.90 Å². The van der Waals surface area contributed by atoms with E-state index in [0.717, 1.165) is 13.0 Å². The minimum Gasteiger partial charge on any atom is -0.342 e. The number of likely N-dealkylation sites (tertiary alicyclic amines) is 1. The van der Waals surface area contributed by atoms with Crippen LogP contribution in [0.25, 0.3) is 0 Å². The highest BCUT2D eigenvalue weighted by molar-refractivity contribution is 5.80. The number of amides is 2. The van der Waals surface area contributed by atoms with Crippen molar-refractivity contribution in [1.82, 2.24) is 15.2 Å². The van der Waals surface area contributed by atoms with Gasteiger partial charge >= 0.3 is 0 Å². The molecule has 0 atom stereocenters. The lowest BCUT2D eigenvalue weighted by molar-refractivity contribution is -0.136. The van der Waals surface area contributed by atoms with Crippen molar-refractivity contribution in [2.75, 3.05) is 26.2 Å². The summed E-state index contributed by atoms with van der Waals surface area (Å²) in [6.45, 7) is 5.02. The molecule has 1 aliphatic carbocycles. The van der Waals surface area contributed by atoms with E-state index >= 15 is 0 Å². The first-order valence-electron chi connectivity index (χ1n) is 7.68. The topological polar surface area (TPSA) is 78.7 Å². The minimum atomic E-state index is -0.109. The summed E-state index contributed by atoms with van der Waals surface area (Å²) < 4.78 is 0. The predicted molar refractivity (Wildman–Crippen MR) is 76.5 cm³/mol. The Labute approximate surface area is 120 Å². The first-order chi connectivity index (χ1) is 9.65. The summed E-state index contributed by atoms with van der Waals surface area (Å²) in [5.74, 6) is 5.20. The molecule has 0 aromatic carbocycles. The van der Waals surface area contributed by atoms with E-state index in [1.807, 2.05) is 4.90 Å². The molecular weight excluding hydrogens is 256 g/mol. The number of hydrogen-bond acceptors (Lipinski definition) is 4. The van der Waals surface area contributed by atoms with E-state index in [0.29, 0.717) is 38.5 Å². The van der Waals surface area contributed by atoms with E-state index in [1.54, 1.807) is 0 Å². The van der Waals surface area contributed by atoms with Crippen LogP contribution in [0.5, 0.6) is 0 Å². The maximum atomic E-state index is 12.3. The van der Waals surface area contributed by atoms with Crippen LogP contribution in [0.4, 0.5) is 0 Å². The lowest BCUT2D eigenvalue weighted by Gasteiger charge is -2.33. The van der Waals surface area contributed by atoms with Gasteiger partial charge in [0.2, 0.25) is 11.8 Å². The molecule has 1 heterocycles. The molecule has 6 heteroatoms. The number of carbonyl (C=O) groups is 2. The van der Waals surface area contributed by atoms with E-state index in [2.05, 4.69) is 17.2 Å². The highest BCUT2D eigenvalue weighted by Gasteiger charge is 2.32. The molecule has 2 aliphatic rings. The molecule has 0 radical (unpaired) electrons. The number of nitrogens with one attached hydrogen (secondary N) is 1. The third-order valence-electron chi connectivity index (χ3n) is 4.27. The van der Waals surface area contributed by atoms with Crippen LogP contribution in [0.1, 0.15) is 39.0 Å². The molecule has 1 aliphatic heterocycles. The van der Waals surface area contributed by atoms with E-state index in [9.17, 15) is 9.59 Å². The Morgan fingerprint density at radius 1 is 1.25 bits per heavy atom. The molecule has 0 aromatic heterocycles. The number of hydrogen-bond donors (Lipinski definition) is 2. The van der Waals surface area contributed by atoms with Gasteiger partial charge in [-0.15, -0.1) is 0 Å². The van der Waals surface area contributed by atoms with Crippen molar-refractivity contribution in [1.29, 1.82) is 0 Å². The van der Waals surface area contributed by atoms with Crippen LogP contribution in [-0.2, 0) is 9.59 Å². The summed E-state index contributed by atoms with van der Waals surface area (Å²) in [5.41, 5.74) is 2.20. The van der Waals surface area contributed by atoms with Crippen LogP contribution in [0.3, 0.4) is 0 Å². The molecule has 0 spiro atoms. The number of carbonyl (C=O) groups excluding carboxylic acids is 2. The Balaban J connectivity index is 1.77. The Hall–Kier alpha value is -1.14. The van der Waals surface area contributed by atoms with Gasteiger partial charge in [0.1, 0.15) is 0 Å². The van der Waals surface area contributed by atoms with Gasteiger partial charge in [-0.1, -0.05) is 6.92 Å². The monoisotopic (exact) mass is 282 g/mol. The predicted octanol–water partition coefficient (Wildman–Crippen LogP) is 0.0893. The molecule has 2 fully saturated rings. The quantitative estimate of drug-likeness (QED) is 0.411. The van der Waals surface area contributed by atoms with Gasteiger partial charge in [0, 0.05) is 25.0 Å². The van der Waals surface area contributed by atoms with Gasteiger partial charge in [-0.25, -0.2) is 5.84 Å². The maximum absolute atomic E-state index is 12.3. The number of nitrogens with two attached hydrogens (primary N) is 1. The fourth-order valence-corrected chi connectivity index (χ4v) is 2.90. The summed E-state index contributed by atoms with van der Waals surface area (Å²) in [4.78, 5) is 28.0. The highest BCUT2D eigenvalue weighted by Crippen LogP contribution is 2.27. The molecule has 0 aromatic rings. The first kappa shape index (κ1) is 15.3. The highest BCUT2D eigenvalue weighted by atomic mass is 16.2. The molecule has 3 N–H and O–H groups in total. The molecular formula is C14H26N4O2. The van der Waals surface area contributed by atoms with Crippen molar-refractivity contribution in [3.63, 3.8) is 0 Å². The molecule has 2 rings (SSSR count). The number of nitrogens with zero attached hydrogens (tertiary/aromatic N) is 2. The van der Waals surface area contributed by atoms with Gasteiger partial charge in [0.05, 0.1) is 6.54 Å². The summed E-state index contributed by atoms with van der Waals surface area (Å²) in [7, 11) is 0. The molecule has 114 valence electrons. The maximum Gasteiger partial charge on any atom is 0.237 e. The molecule has 2 amide bonds. The van der Waals surface area contributed by atoms with Crippen LogP contribution in [0.2, 0.25) is 0 Å². The van der Waals surface area contributed by atoms with E-state index < -0.39 is 0 Å². The average molecular weight is 282 g/mol. The second-order valence-corrected chi connectivity index (χ2v) is 5.87. The van der Waals surface area contributed by atoms with Gasteiger partial charge in [-0.2, -0.15) is 0 Å². The zero-order valence-corrected chi connectivity index (χ0v) is 12.3. The minimum absolute atomic E-state index is 0.0424. The van der Waals surface area contributed by atoms with Crippen LogP contribution in [0.15, 0.2) is 0 Å². The largest absolute Gasteiger partial charge is 0.342 e. The summed E-state index contributed by atoms with van der Waals surface area (Å²) in [5, 5.41) is 0. The summed E-state index contributed by atoms with van der Waals surface area (Å²) in [6, 6.07) is 0.624. The van der Waals surface area contributed by atoms with Crippen LogP contribution < -0.4 is 11.3 Å². The van der Waals surface area contributed by atoms with Crippen molar-refractivity contribution < 1.29 is 9.59 Å². The van der Waals surface area contributed by atoms with Gasteiger partial charge in [0.25, 0.3) is 0 Å². The first-order valence-corrected chi connectivity index (χ1v) is 7.68. The zero-order chi connectivity index (χ0) is 14.5. The lowest BCUT2D eigenvalue weighted by atomic mass is 9.96. The van der Waals surface area contributed by atoms with Crippen LogP contribution >= 0.6 is 0 Å². The van der Waals surface area contributed by atoms with E-state index in [1.165, 1.54) is 12.8 Å². The van der Waals surface area contributed by atoms with E-state index in [-0.39, 0.29) is 17.7 Å². The van der Waals surface area contributed by atoms with E-state index in [4.69, 9.17) is 5.84 Å². The van der Waals surface area contributed by atoms with Crippen molar-refractivity contribution in [2.24, 2.45) is 11.8 Å².